The van der Waals surface area contributed by atoms with Crippen LogP contribution in [0.1, 0.15) is 56.9 Å². The van der Waals surface area contributed by atoms with Gasteiger partial charge < -0.3 is 29.4 Å². The smallest absolute Gasteiger partial charge is 0.303 e. The van der Waals surface area contributed by atoms with Crippen molar-refractivity contribution in [2.75, 3.05) is 53.3 Å². The Morgan fingerprint density at radius 1 is 0.844 bits per heavy atom. The molecule has 7 nitrogen and oxygen atoms in total. The normalized spacial score (nSPS) is 11.1. The standard InChI is InChI=1S/C24H40FNO6/c1-26-20-21-19-22(10-11-23(21)25)32-14-8-3-2-6-12-29-15-17-31-18-16-30-13-7-4-5-9-24(27)28/h10-11,19,26H,2-9,12-18,20H2,1H3,(H,27,28). The molecule has 0 heterocycles. The zero-order valence-corrected chi connectivity index (χ0v) is 19.4. The van der Waals surface area contributed by atoms with Gasteiger partial charge in [-0.05, 0) is 57.4 Å². The van der Waals surface area contributed by atoms with Crippen molar-refractivity contribution < 1.29 is 33.2 Å². The molecule has 0 amide bonds. The average Bonchev–Trinajstić information content (AvgIpc) is 2.77. The lowest BCUT2D eigenvalue weighted by Crippen LogP contribution is -2.10. The highest BCUT2D eigenvalue weighted by atomic mass is 19.1. The van der Waals surface area contributed by atoms with E-state index in [4.69, 9.17) is 24.1 Å². The van der Waals surface area contributed by atoms with E-state index in [1.54, 1.807) is 19.2 Å². The van der Waals surface area contributed by atoms with E-state index >= 15 is 0 Å². The van der Waals surface area contributed by atoms with Gasteiger partial charge in [0, 0.05) is 31.7 Å². The minimum atomic E-state index is -0.742. The van der Waals surface area contributed by atoms with E-state index in [0.717, 1.165) is 45.1 Å². The topological polar surface area (TPSA) is 86.3 Å². The van der Waals surface area contributed by atoms with Gasteiger partial charge in [0.25, 0.3) is 0 Å². The highest BCUT2D eigenvalue weighted by molar-refractivity contribution is 5.66. The van der Waals surface area contributed by atoms with Gasteiger partial charge in [-0.25, -0.2) is 4.39 Å². The van der Waals surface area contributed by atoms with Crippen LogP contribution < -0.4 is 10.1 Å². The molecule has 0 aromatic heterocycles. The Balaban J connectivity index is 1.80. The van der Waals surface area contributed by atoms with Crippen LogP contribution in [0.2, 0.25) is 0 Å². The summed E-state index contributed by atoms with van der Waals surface area (Å²) in [5.41, 5.74) is 0.614. The molecule has 0 saturated heterocycles. The fourth-order valence-electron chi connectivity index (χ4n) is 3.02. The molecule has 184 valence electrons. The Hall–Kier alpha value is -1.74. The summed E-state index contributed by atoms with van der Waals surface area (Å²) in [5, 5.41) is 11.5. The van der Waals surface area contributed by atoms with E-state index in [1.165, 1.54) is 6.07 Å². The molecule has 1 aromatic carbocycles. The van der Waals surface area contributed by atoms with Crippen molar-refractivity contribution in [2.24, 2.45) is 0 Å². The second-order valence-corrected chi connectivity index (χ2v) is 7.59. The third-order valence-corrected chi connectivity index (χ3v) is 4.76. The van der Waals surface area contributed by atoms with Crippen LogP contribution >= 0.6 is 0 Å². The third-order valence-electron chi connectivity index (χ3n) is 4.76. The SMILES string of the molecule is CNCc1cc(OCCCCCCOCCOCCOCCCCCC(=O)O)ccc1F. The van der Waals surface area contributed by atoms with E-state index < -0.39 is 5.97 Å². The minimum absolute atomic E-state index is 0.216. The Morgan fingerprint density at radius 2 is 1.41 bits per heavy atom. The van der Waals surface area contributed by atoms with Crippen molar-refractivity contribution in [2.45, 2.75) is 57.9 Å². The molecule has 0 bridgehead atoms. The molecule has 0 fully saturated rings. The molecule has 0 atom stereocenters. The van der Waals surface area contributed by atoms with E-state index in [-0.39, 0.29) is 12.2 Å². The van der Waals surface area contributed by atoms with E-state index in [9.17, 15) is 9.18 Å². The van der Waals surface area contributed by atoms with Crippen LogP contribution in [0.4, 0.5) is 4.39 Å². The summed E-state index contributed by atoms with van der Waals surface area (Å²) in [6, 6.07) is 4.87. The lowest BCUT2D eigenvalue weighted by molar-refractivity contribution is -0.137. The monoisotopic (exact) mass is 457 g/mol. The Labute approximate surface area is 191 Å². The number of benzene rings is 1. The van der Waals surface area contributed by atoms with Gasteiger partial charge in [0.2, 0.25) is 0 Å². The maximum atomic E-state index is 13.6. The number of carboxylic acids is 1. The second-order valence-electron chi connectivity index (χ2n) is 7.59. The maximum absolute atomic E-state index is 13.6. The van der Waals surface area contributed by atoms with Crippen molar-refractivity contribution in [3.8, 4) is 5.75 Å². The fraction of sp³-hybridized carbons (Fsp3) is 0.708. The van der Waals surface area contributed by atoms with Gasteiger partial charge in [-0.2, -0.15) is 0 Å². The summed E-state index contributed by atoms with van der Waals surface area (Å²) >= 11 is 0. The quantitative estimate of drug-likeness (QED) is 0.253. The Morgan fingerprint density at radius 3 is 2.00 bits per heavy atom. The maximum Gasteiger partial charge on any atom is 0.303 e. The number of hydrogen-bond donors (Lipinski definition) is 2. The summed E-state index contributed by atoms with van der Waals surface area (Å²) in [6.07, 6.45) is 6.81. The van der Waals surface area contributed by atoms with Gasteiger partial charge in [0.05, 0.1) is 33.0 Å². The molecule has 0 radical (unpaired) electrons. The highest BCUT2D eigenvalue weighted by Crippen LogP contribution is 2.17. The van der Waals surface area contributed by atoms with E-state index in [2.05, 4.69) is 5.32 Å². The first kappa shape index (κ1) is 28.3. The molecule has 1 rings (SSSR count). The summed E-state index contributed by atoms with van der Waals surface area (Å²) in [6.45, 7) is 4.72. The minimum Gasteiger partial charge on any atom is -0.494 e. The molecular formula is C24H40FNO6. The Kier molecular flexibility index (Phi) is 17.6. The van der Waals surface area contributed by atoms with Crippen LogP contribution in [-0.2, 0) is 25.5 Å². The molecule has 0 aliphatic carbocycles. The third kappa shape index (κ3) is 16.0. The van der Waals surface area contributed by atoms with Crippen molar-refractivity contribution >= 4 is 5.97 Å². The van der Waals surface area contributed by atoms with Crippen molar-refractivity contribution in [1.82, 2.24) is 5.32 Å². The number of unbranched alkanes of at least 4 members (excludes halogenated alkanes) is 5. The predicted molar refractivity (Wildman–Crippen MR) is 122 cm³/mol. The Bertz CT molecular complexity index is 602. The summed E-state index contributed by atoms with van der Waals surface area (Å²) in [7, 11) is 1.79. The molecule has 32 heavy (non-hydrogen) atoms. The van der Waals surface area contributed by atoms with Gasteiger partial charge in [-0.15, -0.1) is 0 Å². The van der Waals surface area contributed by atoms with Gasteiger partial charge in [-0.3, -0.25) is 4.79 Å². The summed E-state index contributed by atoms with van der Waals surface area (Å²) in [4.78, 5) is 10.4. The van der Waals surface area contributed by atoms with Crippen LogP contribution in [0.5, 0.6) is 5.75 Å². The molecule has 1 aromatic rings. The number of nitrogens with one attached hydrogen (secondary N) is 1. The average molecular weight is 458 g/mol. The van der Waals surface area contributed by atoms with Crippen molar-refractivity contribution in [3.05, 3.63) is 29.6 Å². The van der Waals surface area contributed by atoms with Gasteiger partial charge in [0.15, 0.2) is 0 Å². The van der Waals surface area contributed by atoms with Crippen LogP contribution in [-0.4, -0.2) is 64.4 Å². The number of halogens is 1. The molecule has 0 unspecified atom stereocenters. The largest absolute Gasteiger partial charge is 0.494 e. The first-order valence-corrected chi connectivity index (χ1v) is 11.6. The van der Waals surface area contributed by atoms with E-state index in [0.29, 0.717) is 63.9 Å². The zero-order valence-electron chi connectivity index (χ0n) is 19.4. The summed E-state index contributed by atoms with van der Waals surface area (Å²) in [5.74, 6) is -0.248. The van der Waals surface area contributed by atoms with Crippen LogP contribution in [0.3, 0.4) is 0 Å². The molecule has 0 saturated carbocycles. The van der Waals surface area contributed by atoms with Crippen molar-refractivity contribution in [3.63, 3.8) is 0 Å². The molecular weight excluding hydrogens is 417 g/mol. The lowest BCUT2D eigenvalue weighted by atomic mass is 10.2. The van der Waals surface area contributed by atoms with Crippen LogP contribution in [0.25, 0.3) is 0 Å². The van der Waals surface area contributed by atoms with Gasteiger partial charge in [-0.1, -0.05) is 12.8 Å². The molecule has 0 aliphatic rings. The summed E-state index contributed by atoms with van der Waals surface area (Å²) < 4.78 is 35.8. The predicted octanol–water partition coefficient (Wildman–Crippen LogP) is 4.18. The van der Waals surface area contributed by atoms with E-state index in [1.807, 2.05) is 0 Å². The zero-order chi connectivity index (χ0) is 23.3. The fourth-order valence-corrected chi connectivity index (χ4v) is 3.02. The number of carbonyl (C=O) groups is 1. The van der Waals surface area contributed by atoms with Crippen molar-refractivity contribution in [1.29, 1.82) is 0 Å². The number of ether oxygens (including phenoxy) is 4. The lowest BCUT2D eigenvalue weighted by Gasteiger charge is -2.09. The molecule has 8 heteroatoms. The number of aliphatic carboxylic acids is 1. The van der Waals surface area contributed by atoms with Gasteiger partial charge >= 0.3 is 5.97 Å². The first-order valence-electron chi connectivity index (χ1n) is 11.6. The van der Waals surface area contributed by atoms with Crippen LogP contribution in [0, 0.1) is 5.82 Å². The number of rotatable bonds is 22. The molecule has 0 aliphatic heterocycles. The number of hydrogen-bond acceptors (Lipinski definition) is 6. The van der Waals surface area contributed by atoms with Gasteiger partial charge in [0.1, 0.15) is 11.6 Å². The molecule has 0 spiro atoms. The highest BCUT2D eigenvalue weighted by Gasteiger charge is 2.03. The van der Waals surface area contributed by atoms with Crippen LogP contribution in [0.15, 0.2) is 18.2 Å². The first-order chi connectivity index (χ1) is 15.6. The number of carboxylic acid groups (broad SMARTS) is 1. The second kappa shape index (κ2) is 19.9. The molecule has 2 N–H and O–H groups in total.